The van der Waals surface area contributed by atoms with Gasteiger partial charge >= 0.3 is 23.9 Å². The highest BCUT2D eigenvalue weighted by Gasteiger charge is 2.49. The van der Waals surface area contributed by atoms with Crippen LogP contribution in [0.3, 0.4) is 0 Å². The second-order valence-electron chi connectivity index (χ2n) is 30.5. The van der Waals surface area contributed by atoms with Crippen molar-refractivity contribution in [3.63, 3.8) is 0 Å². The fourth-order valence-corrected chi connectivity index (χ4v) is 14.2. The van der Waals surface area contributed by atoms with Gasteiger partial charge in [-0.15, -0.1) is 0 Å². The highest BCUT2D eigenvalue weighted by Crippen LogP contribution is 2.44. The van der Waals surface area contributed by atoms with Gasteiger partial charge in [-0.3, -0.25) is 19.2 Å². The van der Waals surface area contributed by atoms with Crippen LogP contribution in [0, 0.1) is 35.5 Å². The number of cyclic esters (lactones) is 2. The summed E-state index contributed by atoms with van der Waals surface area (Å²) in [6.45, 7) is 48.7. The van der Waals surface area contributed by atoms with Gasteiger partial charge in [0, 0.05) is 43.6 Å². The molecule has 0 radical (unpaired) electrons. The average Bonchev–Trinajstić information content (AvgIpc) is 1.72. The summed E-state index contributed by atoms with van der Waals surface area (Å²) in [6, 6.07) is 0. The second kappa shape index (κ2) is 36.0. The van der Waals surface area contributed by atoms with Crippen LogP contribution in [-0.4, -0.2) is 145 Å². The molecule has 4 N–H and O–H groups in total. The van der Waals surface area contributed by atoms with Crippen molar-refractivity contribution < 1.29 is 76.9 Å². The van der Waals surface area contributed by atoms with E-state index in [0.717, 1.165) is 36.8 Å². The Morgan fingerprint density at radius 2 is 1.07 bits per heavy atom. The van der Waals surface area contributed by atoms with E-state index in [1.807, 2.05) is 71.9 Å². The van der Waals surface area contributed by atoms with Gasteiger partial charge in [0.05, 0.1) is 55.6 Å². The Morgan fingerprint density at radius 1 is 0.659 bits per heavy atom. The lowest BCUT2D eigenvalue weighted by molar-refractivity contribution is -0.158. The van der Waals surface area contributed by atoms with E-state index in [4.69, 9.17) is 37.3 Å². The first-order chi connectivity index (χ1) is 41.4. The van der Waals surface area contributed by atoms with Gasteiger partial charge in [0.25, 0.3) is 0 Å². The van der Waals surface area contributed by atoms with E-state index in [2.05, 4.69) is 108 Å². The van der Waals surface area contributed by atoms with Crippen LogP contribution in [0.2, 0.25) is 36.3 Å². The monoisotopic (exact) mass is 1320 g/mol. The van der Waals surface area contributed by atoms with Crippen molar-refractivity contribution in [3.05, 3.63) is 71.9 Å². The van der Waals surface area contributed by atoms with Crippen LogP contribution in [0.1, 0.15) is 210 Å². The Kier molecular flexibility index (Phi) is 33.0. The summed E-state index contributed by atoms with van der Waals surface area (Å²) in [5.41, 5.74) is -1.04. The molecule has 0 aromatic heterocycles. The molecule has 0 aromatic carbocycles. The van der Waals surface area contributed by atoms with Crippen LogP contribution in [0.25, 0.3) is 0 Å². The molecule has 0 amide bonds. The van der Waals surface area contributed by atoms with Gasteiger partial charge in [0.2, 0.25) is 0 Å². The molecule has 0 bridgehead atoms. The summed E-state index contributed by atoms with van der Waals surface area (Å²) in [5.74, 6) is -1.34. The lowest BCUT2D eigenvalue weighted by Crippen LogP contribution is -2.46. The van der Waals surface area contributed by atoms with Crippen molar-refractivity contribution in [2.75, 3.05) is 0 Å². The molecule has 16 nitrogen and oxygen atoms in total. The van der Waals surface area contributed by atoms with Gasteiger partial charge in [-0.2, -0.15) is 0 Å². The molecule has 2 fully saturated rings. The maximum Gasteiger partial charge on any atom is 0.309 e. The van der Waals surface area contributed by atoms with E-state index in [0.29, 0.717) is 18.3 Å². The summed E-state index contributed by atoms with van der Waals surface area (Å²) in [7, 11) is -4.12. The van der Waals surface area contributed by atoms with Crippen molar-refractivity contribution in [2.24, 2.45) is 35.5 Å². The lowest BCUT2D eigenvalue weighted by Gasteiger charge is -2.40. The zero-order chi connectivity index (χ0) is 68.7. The summed E-state index contributed by atoms with van der Waals surface area (Å²) in [6.07, 6.45) is 19.8. The fraction of sp³-hybridized carbons (Fsp3) is 0.781. The smallest absolute Gasteiger partial charge is 0.309 e. The lowest BCUT2D eigenvalue weighted by atomic mass is 9.88. The first kappa shape index (κ1) is 83.5. The standard InChI is InChI=1S/C42H76O8Si2.C30H48O8.CH4/c1-18-34(50-52(16,17)41(10,11)12)31(5)39-35(47-39)26-28(2)20-19-21-29(3)38-30(4)22-23-36(46-32(6)43)42(13,45)25-24-33(27-37(44)48-38)49-51(14,15)40(7,8)9;1-8-24(33)21(5)29-25(37-29)16-18(2)10-9-11-19(3)28-20(4)12-13-26(36-22(6)31)30(7,35)15-14-23(32)17-27(34)38-28;/h19-23,28,30-31,33-36,38-39,45H,18,24-27H2,1-17H3;9-13,18,20-21,23-26,28-29,32-33,35H,8,14-17H2,1-7H3;1H4/b20-19+,23-22+,29-21+;10-9+,13-12+,19-11+;/t28-,30+,31-,33-,34+,35-,36+,38-,39-,42-;18-,20+,21-,23-,24+,25-,26+,28-,29-,30-;/m11./s1. The van der Waals surface area contributed by atoms with Crippen LogP contribution in [0.15, 0.2) is 71.9 Å². The second-order valence-corrected chi connectivity index (χ2v) is 40.0. The number of carbonyl (C=O) groups is 4. The van der Waals surface area contributed by atoms with E-state index in [9.17, 15) is 39.6 Å². The van der Waals surface area contributed by atoms with Gasteiger partial charge in [-0.1, -0.05) is 153 Å². The molecule has 0 spiro atoms. The number of aliphatic hydroxyl groups excluding tert-OH is 2. The molecule has 4 aliphatic heterocycles. The van der Waals surface area contributed by atoms with Crippen molar-refractivity contribution in [3.8, 4) is 0 Å². The fourth-order valence-electron chi connectivity index (χ4n) is 11.4. The molecule has 0 aromatic rings. The molecule has 0 unspecified atom stereocenters. The normalized spacial score (nSPS) is 33.0. The molecule has 2 saturated heterocycles. The van der Waals surface area contributed by atoms with Gasteiger partial charge in [0.15, 0.2) is 16.6 Å². The third-order valence-corrected chi connectivity index (χ3v) is 28.8. The van der Waals surface area contributed by atoms with Crippen LogP contribution in [0.4, 0.5) is 0 Å². The quantitative estimate of drug-likeness (QED) is 0.0197. The first-order valence-electron chi connectivity index (χ1n) is 33.6. The Labute approximate surface area is 553 Å². The highest BCUT2D eigenvalue weighted by atomic mass is 28.4. The zero-order valence-corrected chi connectivity index (χ0v) is 61.9. The number of ether oxygens (including phenoxy) is 6. The topological polar surface area (TPSA) is 230 Å². The maximum atomic E-state index is 13.6. The molecule has 4 aliphatic rings. The number of aliphatic hydroxyl groups is 4. The molecule has 20 atom stereocenters. The zero-order valence-electron chi connectivity index (χ0n) is 59.9. The van der Waals surface area contributed by atoms with E-state index < -0.39 is 82.4 Å². The number of carbonyl (C=O) groups excluding carboxylic acids is 4. The Morgan fingerprint density at radius 3 is 1.46 bits per heavy atom. The summed E-state index contributed by atoms with van der Waals surface area (Å²) < 4.78 is 48.5. The first-order valence-corrected chi connectivity index (χ1v) is 39.5. The van der Waals surface area contributed by atoms with Gasteiger partial charge in [0.1, 0.15) is 35.6 Å². The van der Waals surface area contributed by atoms with Crippen LogP contribution in [-0.2, 0) is 56.5 Å². The molecule has 4 heterocycles. The number of esters is 4. The number of hydrogen-bond acceptors (Lipinski definition) is 16. The van der Waals surface area contributed by atoms with Gasteiger partial charge in [-0.25, -0.2) is 0 Å². The van der Waals surface area contributed by atoms with Crippen LogP contribution >= 0.6 is 0 Å². The Balaban J connectivity index is 0.000000642. The van der Waals surface area contributed by atoms with Crippen molar-refractivity contribution in [2.45, 2.75) is 331 Å². The third-order valence-electron chi connectivity index (χ3n) is 19.7. The van der Waals surface area contributed by atoms with E-state index in [-0.39, 0.29) is 116 Å². The SMILES string of the molecule is C.CC[C@H](O)[C@@H](C)[C@H]1O[C@@H]1C[C@H](C)/C=C/C=C(\C)[C@H]1OC(=O)C[C@H](O)CC[C@@](C)(O)[C@@H](OC(C)=O)/C=C/[C@@H]1C.CC[C@H](O[Si](C)(C)C(C)(C)C)[C@@H](C)[C@H]1O[C@@H]1C[C@H](C)/C=C/C=C(\C)[C@H]1OC(=O)C[C@H](O[Si](C)(C)C(C)(C)C)CC[C@@](C)(O)[C@@H](OC(C)=O)/C=C/[C@@H]1C. The molecular weight excluding hydrogens is 1190 g/mol. The number of allylic oxidation sites excluding steroid dienone is 6. The minimum absolute atomic E-state index is 0. The Bertz CT molecular complexity index is 2480. The van der Waals surface area contributed by atoms with E-state index in [1.165, 1.54) is 13.8 Å². The predicted molar refractivity (Wildman–Crippen MR) is 369 cm³/mol. The molecule has 18 heteroatoms. The largest absolute Gasteiger partial charge is 0.457 e. The third kappa shape index (κ3) is 27.2. The van der Waals surface area contributed by atoms with Crippen molar-refractivity contribution >= 4 is 40.5 Å². The summed E-state index contributed by atoms with van der Waals surface area (Å²) in [5, 5.41) is 43.0. The molecular formula is C73H128O16Si2. The predicted octanol–water partition coefficient (Wildman–Crippen LogP) is 14.7. The molecule has 0 aliphatic carbocycles. The van der Waals surface area contributed by atoms with Gasteiger partial charge < -0.3 is 57.7 Å². The molecule has 0 saturated carbocycles. The minimum atomic E-state index is -2.25. The Hall–Kier alpha value is -3.57. The average molecular weight is 1320 g/mol. The number of rotatable bonds is 22. The summed E-state index contributed by atoms with van der Waals surface area (Å²) in [4.78, 5) is 49.9. The maximum absolute atomic E-state index is 13.6. The number of epoxide rings is 2. The molecule has 524 valence electrons. The molecule has 4 rings (SSSR count). The van der Waals surface area contributed by atoms with Crippen molar-refractivity contribution in [1.29, 1.82) is 0 Å². The van der Waals surface area contributed by atoms with Crippen LogP contribution < -0.4 is 0 Å². The highest BCUT2D eigenvalue weighted by molar-refractivity contribution is 6.74. The van der Waals surface area contributed by atoms with E-state index >= 15 is 0 Å². The summed E-state index contributed by atoms with van der Waals surface area (Å²) >= 11 is 0. The minimum Gasteiger partial charge on any atom is -0.457 e. The molecule has 91 heavy (non-hydrogen) atoms. The van der Waals surface area contributed by atoms with Gasteiger partial charge in [-0.05, 0) is 150 Å². The van der Waals surface area contributed by atoms with Crippen LogP contribution in [0.5, 0.6) is 0 Å². The van der Waals surface area contributed by atoms with E-state index in [1.54, 1.807) is 32.1 Å². The van der Waals surface area contributed by atoms with Crippen molar-refractivity contribution in [1.82, 2.24) is 0 Å². The number of hydrogen-bond donors (Lipinski definition) is 4.